The van der Waals surface area contributed by atoms with Crippen LogP contribution in [0.3, 0.4) is 0 Å². The lowest BCUT2D eigenvalue weighted by molar-refractivity contribution is -0.115. The fourth-order valence-electron chi connectivity index (χ4n) is 3.02. The molecule has 0 bridgehead atoms. The topological polar surface area (TPSA) is 75.4 Å². The number of hydrogen-bond acceptors (Lipinski definition) is 4. The first-order valence-corrected chi connectivity index (χ1v) is 8.60. The molecule has 2 heterocycles. The van der Waals surface area contributed by atoms with Crippen molar-refractivity contribution < 1.29 is 9.59 Å². The van der Waals surface area contributed by atoms with E-state index < -0.39 is 0 Å². The Morgan fingerprint density at radius 3 is 3.05 bits per heavy atom. The zero-order valence-electron chi connectivity index (χ0n) is 12.7. The van der Waals surface area contributed by atoms with Crippen LogP contribution in [0, 0.1) is 0 Å². The van der Waals surface area contributed by atoms with Gasteiger partial charge < -0.3 is 16.0 Å². The predicted octanol–water partition coefficient (Wildman–Crippen LogP) is 2.07. The molecule has 2 aliphatic heterocycles. The highest BCUT2D eigenvalue weighted by molar-refractivity contribution is 8.00. The summed E-state index contributed by atoms with van der Waals surface area (Å²) in [4.78, 5) is 27.4. The Morgan fingerprint density at radius 1 is 1.45 bits per heavy atom. The van der Waals surface area contributed by atoms with Crippen LogP contribution in [-0.4, -0.2) is 41.1 Å². The number of thioether (sulfide) groups is 1. The fourth-order valence-corrected chi connectivity index (χ4v) is 3.95. The standard InChI is InChI=1S/C16H21N3O2S/c1-10-15(20)18-13-8-11(5-6-14(13)22-10)16(21)19-7-3-2-4-12(19)9-17/h5-6,8,10,12H,2-4,7,9,17H2,1H3,(H,18,20). The number of carbonyl (C=O) groups is 2. The Bertz CT molecular complexity index is 605. The maximum Gasteiger partial charge on any atom is 0.254 e. The molecule has 22 heavy (non-hydrogen) atoms. The maximum atomic E-state index is 12.8. The van der Waals surface area contributed by atoms with E-state index in [9.17, 15) is 9.59 Å². The fraction of sp³-hybridized carbons (Fsp3) is 0.500. The average molecular weight is 319 g/mol. The lowest BCUT2D eigenvalue weighted by Gasteiger charge is -2.35. The number of piperidine rings is 1. The van der Waals surface area contributed by atoms with E-state index in [-0.39, 0.29) is 23.1 Å². The normalized spacial score (nSPS) is 24.6. The van der Waals surface area contributed by atoms with Gasteiger partial charge in [-0.15, -0.1) is 11.8 Å². The summed E-state index contributed by atoms with van der Waals surface area (Å²) in [6, 6.07) is 5.68. The van der Waals surface area contributed by atoms with Gasteiger partial charge in [0.25, 0.3) is 5.91 Å². The molecule has 3 rings (SSSR count). The summed E-state index contributed by atoms with van der Waals surface area (Å²) in [5, 5.41) is 2.78. The Hall–Kier alpha value is -1.53. The zero-order chi connectivity index (χ0) is 15.7. The summed E-state index contributed by atoms with van der Waals surface area (Å²) in [6.45, 7) is 3.14. The second-order valence-electron chi connectivity index (χ2n) is 5.84. The highest BCUT2D eigenvalue weighted by Gasteiger charge is 2.28. The first kappa shape index (κ1) is 15.4. The number of hydrogen-bond donors (Lipinski definition) is 2. The number of benzene rings is 1. The molecule has 2 unspecified atom stereocenters. The second kappa shape index (κ2) is 6.30. The van der Waals surface area contributed by atoms with Crippen LogP contribution in [0.25, 0.3) is 0 Å². The van der Waals surface area contributed by atoms with Gasteiger partial charge in [-0.3, -0.25) is 9.59 Å². The van der Waals surface area contributed by atoms with Gasteiger partial charge in [-0.25, -0.2) is 0 Å². The van der Waals surface area contributed by atoms with Gasteiger partial charge in [-0.1, -0.05) is 0 Å². The van der Waals surface area contributed by atoms with Gasteiger partial charge in [0.1, 0.15) is 0 Å². The number of likely N-dealkylation sites (tertiary alicyclic amines) is 1. The molecule has 1 aromatic carbocycles. The summed E-state index contributed by atoms with van der Waals surface area (Å²) < 4.78 is 0. The first-order valence-electron chi connectivity index (χ1n) is 7.72. The minimum atomic E-state index is -0.0993. The van der Waals surface area contributed by atoms with E-state index in [1.807, 2.05) is 24.0 Å². The zero-order valence-corrected chi connectivity index (χ0v) is 13.5. The molecule has 1 aromatic rings. The Labute approximate surface area is 134 Å². The third-order valence-corrected chi connectivity index (χ3v) is 5.49. The highest BCUT2D eigenvalue weighted by Crippen LogP contribution is 2.36. The predicted molar refractivity (Wildman–Crippen MR) is 88.1 cm³/mol. The van der Waals surface area contributed by atoms with E-state index in [1.165, 1.54) is 11.8 Å². The van der Waals surface area contributed by atoms with Gasteiger partial charge in [0.05, 0.1) is 10.9 Å². The van der Waals surface area contributed by atoms with Crippen molar-refractivity contribution in [3.63, 3.8) is 0 Å². The lowest BCUT2D eigenvalue weighted by atomic mass is 10.0. The number of amides is 2. The van der Waals surface area contributed by atoms with Gasteiger partial charge in [0, 0.05) is 29.6 Å². The third kappa shape index (κ3) is 2.85. The van der Waals surface area contributed by atoms with Crippen LogP contribution < -0.4 is 11.1 Å². The molecule has 2 amide bonds. The van der Waals surface area contributed by atoms with Crippen LogP contribution in [0.1, 0.15) is 36.5 Å². The van der Waals surface area contributed by atoms with E-state index in [0.717, 1.165) is 36.4 Å². The molecule has 0 aromatic heterocycles. The van der Waals surface area contributed by atoms with Crippen molar-refractivity contribution >= 4 is 29.3 Å². The van der Waals surface area contributed by atoms with E-state index in [2.05, 4.69) is 5.32 Å². The Kier molecular flexibility index (Phi) is 4.40. The summed E-state index contributed by atoms with van der Waals surface area (Å²) >= 11 is 1.52. The second-order valence-corrected chi connectivity index (χ2v) is 7.23. The minimum absolute atomic E-state index is 0.0100. The molecule has 0 saturated carbocycles. The SMILES string of the molecule is CC1Sc2ccc(C(=O)N3CCCCC3CN)cc2NC1=O. The van der Waals surface area contributed by atoms with E-state index in [1.54, 1.807) is 6.07 Å². The highest BCUT2D eigenvalue weighted by atomic mass is 32.2. The van der Waals surface area contributed by atoms with Crippen LogP contribution in [0.2, 0.25) is 0 Å². The van der Waals surface area contributed by atoms with Gasteiger partial charge in [-0.2, -0.15) is 0 Å². The van der Waals surface area contributed by atoms with Crippen molar-refractivity contribution in [2.24, 2.45) is 5.73 Å². The van der Waals surface area contributed by atoms with Gasteiger partial charge in [-0.05, 0) is 44.4 Å². The molecule has 0 aliphatic carbocycles. The Morgan fingerprint density at radius 2 is 2.27 bits per heavy atom. The number of nitrogens with zero attached hydrogens (tertiary/aromatic N) is 1. The van der Waals surface area contributed by atoms with E-state index >= 15 is 0 Å². The quantitative estimate of drug-likeness (QED) is 0.875. The summed E-state index contributed by atoms with van der Waals surface area (Å²) in [5.74, 6) is -0.00396. The largest absolute Gasteiger partial charge is 0.334 e. The number of nitrogens with two attached hydrogens (primary N) is 1. The minimum Gasteiger partial charge on any atom is -0.334 e. The smallest absolute Gasteiger partial charge is 0.254 e. The monoisotopic (exact) mass is 319 g/mol. The number of rotatable bonds is 2. The molecule has 5 nitrogen and oxygen atoms in total. The molecule has 6 heteroatoms. The van der Waals surface area contributed by atoms with Crippen molar-refractivity contribution in [1.29, 1.82) is 0 Å². The van der Waals surface area contributed by atoms with Crippen LogP contribution >= 0.6 is 11.8 Å². The van der Waals surface area contributed by atoms with Crippen molar-refractivity contribution in [3.8, 4) is 0 Å². The van der Waals surface area contributed by atoms with Crippen molar-refractivity contribution in [1.82, 2.24) is 4.90 Å². The lowest BCUT2D eigenvalue weighted by Crippen LogP contribution is -2.47. The molecule has 1 fully saturated rings. The number of fused-ring (bicyclic) bond motifs is 1. The van der Waals surface area contributed by atoms with Crippen LogP contribution in [-0.2, 0) is 4.79 Å². The Balaban J connectivity index is 1.84. The maximum absolute atomic E-state index is 12.8. The van der Waals surface area contributed by atoms with Crippen molar-refractivity contribution in [2.75, 3.05) is 18.4 Å². The third-order valence-electron chi connectivity index (χ3n) is 4.32. The molecule has 0 radical (unpaired) electrons. The van der Waals surface area contributed by atoms with Crippen LogP contribution in [0.4, 0.5) is 5.69 Å². The van der Waals surface area contributed by atoms with Crippen molar-refractivity contribution in [3.05, 3.63) is 23.8 Å². The van der Waals surface area contributed by atoms with Gasteiger partial charge in [0.15, 0.2) is 0 Å². The molecular formula is C16H21N3O2S. The molecule has 2 aliphatic rings. The average Bonchev–Trinajstić information content (AvgIpc) is 2.55. The molecule has 118 valence electrons. The van der Waals surface area contributed by atoms with Crippen LogP contribution in [0.15, 0.2) is 23.1 Å². The van der Waals surface area contributed by atoms with E-state index in [0.29, 0.717) is 12.1 Å². The molecule has 3 N–H and O–H groups in total. The van der Waals surface area contributed by atoms with Gasteiger partial charge in [0.2, 0.25) is 5.91 Å². The number of anilines is 1. The first-order chi connectivity index (χ1) is 10.6. The molecular weight excluding hydrogens is 298 g/mol. The molecule has 2 atom stereocenters. The molecule has 1 saturated heterocycles. The number of nitrogens with one attached hydrogen (secondary N) is 1. The summed E-state index contributed by atoms with van der Waals surface area (Å²) in [6.07, 6.45) is 3.12. The van der Waals surface area contributed by atoms with Crippen molar-refractivity contribution in [2.45, 2.75) is 42.4 Å². The van der Waals surface area contributed by atoms with E-state index in [4.69, 9.17) is 5.73 Å². The van der Waals surface area contributed by atoms with Gasteiger partial charge >= 0.3 is 0 Å². The van der Waals surface area contributed by atoms with Crippen LogP contribution in [0.5, 0.6) is 0 Å². The summed E-state index contributed by atoms with van der Waals surface area (Å²) in [7, 11) is 0. The molecule has 0 spiro atoms. The number of carbonyl (C=O) groups excluding carboxylic acids is 2. The summed E-state index contributed by atoms with van der Waals surface area (Å²) in [5.41, 5.74) is 7.16.